The molecule has 0 bridgehead atoms. The summed E-state index contributed by atoms with van der Waals surface area (Å²) in [6.07, 6.45) is 9.28. The van der Waals surface area contributed by atoms with E-state index in [-0.39, 0.29) is 35.3 Å². The van der Waals surface area contributed by atoms with Gasteiger partial charge in [-0.1, -0.05) is 0 Å². The van der Waals surface area contributed by atoms with Crippen LogP contribution in [0.3, 0.4) is 0 Å². The second kappa shape index (κ2) is 11.5. The van der Waals surface area contributed by atoms with Crippen LogP contribution in [0.5, 0.6) is 5.75 Å². The molecule has 41 heavy (non-hydrogen) atoms. The van der Waals surface area contributed by atoms with Gasteiger partial charge in [0.25, 0.3) is 0 Å². The van der Waals surface area contributed by atoms with Gasteiger partial charge >= 0.3 is 217 Å². The molecule has 1 aromatic carbocycles. The third-order valence-electron chi connectivity index (χ3n) is 9.41. The fourth-order valence-corrected chi connectivity index (χ4v) is 12.1. The fourth-order valence-electron chi connectivity index (χ4n) is 7.94. The number of hydrogen-bond acceptors (Lipinski definition) is 5. The van der Waals surface area contributed by atoms with Crippen molar-refractivity contribution in [1.29, 1.82) is 0 Å². The van der Waals surface area contributed by atoms with Crippen molar-refractivity contribution in [1.82, 2.24) is 0 Å². The molecular weight excluding hydrogens is 623 g/mol. The number of carbonyl (C=O) groups is 2. The van der Waals surface area contributed by atoms with Crippen LogP contribution in [-0.4, -0.2) is 47.3 Å². The summed E-state index contributed by atoms with van der Waals surface area (Å²) in [5.41, 5.74) is 1.47. The number of carbonyl (C=O) groups excluding carboxylic acids is 1. The molecule has 0 spiro atoms. The van der Waals surface area contributed by atoms with Crippen molar-refractivity contribution in [3.63, 3.8) is 0 Å². The number of rotatable bonds is 8. The minimum absolute atomic E-state index is 0.00856. The van der Waals surface area contributed by atoms with Crippen molar-refractivity contribution >= 4 is 30.3 Å². The van der Waals surface area contributed by atoms with E-state index in [0.717, 1.165) is 18.6 Å². The Labute approximate surface area is 249 Å². The van der Waals surface area contributed by atoms with Gasteiger partial charge in [-0.25, -0.2) is 4.79 Å². The van der Waals surface area contributed by atoms with E-state index in [1.807, 2.05) is 6.08 Å². The summed E-state index contributed by atoms with van der Waals surface area (Å²) in [6.45, 7) is 9.88. The summed E-state index contributed by atoms with van der Waals surface area (Å²) in [7, 11) is 0. The Morgan fingerprint density at radius 2 is 1.83 bits per heavy atom. The van der Waals surface area contributed by atoms with E-state index in [2.05, 4.69) is 64.7 Å². The average Bonchev–Trinajstić information content (AvgIpc) is 3.17. The predicted octanol–water partition coefficient (Wildman–Crippen LogP) is 7.18. The number of cyclic esters (lactones) is 1. The maximum absolute atomic E-state index is 13.2. The van der Waals surface area contributed by atoms with Crippen LogP contribution in [0, 0.1) is 41.4 Å². The van der Waals surface area contributed by atoms with Crippen molar-refractivity contribution in [2.75, 3.05) is 0 Å². The maximum atomic E-state index is 13.2. The molecule has 1 N–H and O–H groups in total. The first kappa shape index (κ1) is 30.2. The van der Waals surface area contributed by atoms with Gasteiger partial charge < -0.3 is 9.84 Å². The van der Waals surface area contributed by atoms with E-state index in [1.54, 1.807) is 13.8 Å². The van der Waals surface area contributed by atoms with Gasteiger partial charge in [0.05, 0.1) is 0 Å². The Morgan fingerprint density at radius 3 is 2.46 bits per heavy atom. The van der Waals surface area contributed by atoms with Crippen molar-refractivity contribution in [3.05, 3.63) is 66.0 Å². The van der Waals surface area contributed by atoms with Gasteiger partial charge in [-0.3, -0.25) is 4.79 Å². The summed E-state index contributed by atoms with van der Waals surface area (Å²) in [5.74, 6) is -0.267. The Balaban J connectivity index is 1.58. The van der Waals surface area contributed by atoms with E-state index >= 15 is 0 Å². The van der Waals surface area contributed by atoms with Crippen molar-refractivity contribution < 1.29 is 28.9 Å². The second-order valence-electron chi connectivity index (χ2n) is 14.4. The van der Waals surface area contributed by atoms with E-state index in [4.69, 9.17) is 14.2 Å². The van der Waals surface area contributed by atoms with Crippen molar-refractivity contribution in [2.45, 2.75) is 77.6 Å². The third-order valence-corrected chi connectivity index (χ3v) is 13.6. The van der Waals surface area contributed by atoms with Crippen LogP contribution in [0.1, 0.15) is 52.0 Å². The summed E-state index contributed by atoms with van der Waals surface area (Å²) >= 11 is -1.97. The molecule has 8 atom stereocenters. The van der Waals surface area contributed by atoms with E-state index in [0.29, 0.717) is 23.5 Å². The quantitative estimate of drug-likeness (QED) is 0.180. The molecule has 4 aliphatic rings. The monoisotopic (exact) mass is 670 g/mol. The Morgan fingerprint density at radius 1 is 1.12 bits per heavy atom. The fraction of sp³-hybridized carbons (Fsp3) is 0.588. The van der Waals surface area contributed by atoms with Gasteiger partial charge in [0.15, 0.2) is 0 Å². The Kier molecular flexibility index (Phi) is 8.45. The van der Waals surface area contributed by atoms with Crippen molar-refractivity contribution in [2.24, 2.45) is 41.4 Å². The number of allylic oxidation sites excluding steroid dienone is 4. The van der Waals surface area contributed by atoms with Crippen molar-refractivity contribution in [3.8, 4) is 5.75 Å². The van der Waals surface area contributed by atoms with E-state index in [9.17, 15) is 14.7 Å². The molecule has 2 fully saturated rings. The van der Waals surface area contributed by atoms with Crippen LogP contribution >= 0.6 is 0 Å². The van der Waals surface area contributed by atoms with Crippen LogP contribution in [-0.2, 0) is 23.5 Å². The van der Waals surface area contributed by atoms with Gasteiger partial charge in [0.1, 0.15) is 0 Å². The number of carboxylic acid groups (broad SMARTS) is 1. The van der Waals surface area contributed by atoms with Gasteiger partial charge in [-0.15, -0.1) is 0 Å². The zero-order valence-corrected chi connectivity index (χ0v) is 28.2. The molecule has 222 valence electrons. The summed E-state index contributed by atoms with van der Waals surface area (Å²) in [6, 6.07) is 8.66. The molecule has 1 aromatic rings. The van der Waals surface area contributed by atoms with Crippen LogP contribution < -0.4 is 4.74 Å². The zero-order chi connectivity index (χ0) is 29.7. The number of carboxylic acids is 1. The van der Waals surface area contributed by atoms with E-state index in [1.165, 1.54) is 16.4 Å². The molecule has 5 rings (SSSR count). The molecule has 2 saturated carbocycles. The predicted molar refractivity (Wildman–Crippen MR) is 162 cm³/mol. The summed E-state index contributed by atoms with van der Waals surface area (Å²) in [4.78, 5) is 32.4. The van der Waals surface area contributed by atoms with Crippen LogP contribution in [0.2, 0.25) is 14.8 Å². The van der Waals surface area contributed by atoms with Gasteiger partial charge in [0.2, 0.25) is 0 Å². The summed E-state index contributed by atoms with van der Waals surface area (Å²) < 4.78 is 20.1. The van der Waals surface area contributed by atoms with Crippen LogP contribution in [0.15, 0.2) is 60.4 Å². The molecule has 1 aliphatic heterocycles. The second-order valence-corrected chi connectivity index (χ2v) is 30.0. The number of aliphatic carboxylic acids is 1. The van der Waals surface area contributed by atoms with E-state index < -0.39 is 42.5 Å². The number of ether oxygens (including phenoxy) is 3. The molecule has 0 amide bonds. The molecule has 0 saturated heterocycles. The molecule has 0 radical (unpaired) electrons. The standard InChI is InChI=1S/C31H37O6.3CH3.Sn/c1-6-19-10-14-21-23-15-18(3)9-13-22(23)28(35-20-11-7-17(2)8-12-20)27(21)26(19)29-24(16-25(32)33)30(34)37-31(4,5)36-29;;;;/h6-8,10-12,14,18-19,21-23,26-28H,1-2,9,13,15-16H2,3-5H3,(H,32,33);3*1H3;/t18-,19+,21+,22-,23+,26+,27+,28+;;;;/m1..../s1. The van der Waals surface area contributed by atoms with Crippen LogP contribution in [0.25, 0.3) is 0 Å². The Hall–Kier alpha value is -2.22. The SMILES string of the molecule is C=C[C@H]1C=C[C@H]2[C@@H]3C[C@H](C)CC[C@H]3[C@H](Oc3ccc([CH2][Sn]([CH3])([CH3])[CH3])cc3)[C@@H]2[C@H]1C1=C(CC(=O)O)C(=O)OC(C)(C)O1. The average molecular weight is 669 g/mol. The number of fused-ring (bicyclic) bond motifs is 3. The normalized spacial score (nSPS) is 34.2. The molecule has 6 nitrogen and oxygen atoms in total. The molecule has 1 heterocycles. The number of benzene rings is 1. The molecule has 7 heteroatoms. The molecular formula is C34H46O6Sn. The first-order valence-corrected chi connectivity index (χ1v) is 25.8. The third kappa shape index (κ3) is 6.42. The zero-order valence-electron chi connectivity index (χ0n) is 25.4. The first-order valence-electron chi connectivity index (χ1n) is 15.2. The molecule has 3 aliphatic carbocycles. The Bertz CT molecular complexity index is 1240. The van der Waals surface area contributed by atoms with Gasteiger partial charge in [-0.2, -0.15) is 0 Å². The minimum atomic E-state index is -1.97. The molecule has 0 aromatic heterocycles. The number of hydrogen-bond donors (Lipinski definition) is 1. The first-order chi connectivity index (χ1) is 19.3. The van der Waals surface area contributed by atoms with Gasteiger partial charge in [-0.05, 0) is 0 Å². The number of esters is 1. The molecule has 0 unspecified atom stereocenters. The topological polar surface area (TPSA) is 82.1 Å². The van der Waals surface area contributed by atoms with Gasteiger partial charge in [0, 0.05) is 13.8 Å². The summed E-state index contributed by atoms with van der Waals surface area (Å²) in [5, 5.41) is 9.73. The van der Waals surface area contributed by atoms with Crippen LogP contribution in [0.4, 0.5) is 0 Å².